The number of benzene rings is 5. The Bertz CT molecular complexity index is 1750. The largest absolute Gasteiger partial charge is 0.494 e. The predicted molar refractivity (Wildman–Crippen MR) is 168 cm³/mol. The van der Waals surface area contributed by atoms with Crippen LogP contribution in [0.15, 0.2) is 121 Å². The van der Waals surface area contributed by atoms with Crippen LogP contribution in [0.1, 0.15) is 45.2 Å². The topological polar surface area (TPSA) is 84.5 Å². The number of carbonyl (C=O) groups is 3. The lowest BCUT2D eigenvalue weighted by molar-refractivity contribution is -0.111. The highest BCUT2D eigenvalue weighted by Gasteiger charge is 2.18. The Morgan fingerprint density at radius 3 is 2.26 bits per heavy atom. The predicted octanol–water partition coefficient (Wildman–Crippen LogP) is 7.76. The average molecular weight is 555 g/mol. The first-order valence-corrected chi connectivity index (χ1v) is 13.8. The minimum absolute atomic E-state index is 0.263. The summed E-state index contributed by atoms with van der Waals surface area (Å²) in [5.41, 5.74) is 2.85. The van der Waals surface area contributed by atoms with Gasteiger partial charge in [-0.3, -0.25) is 14.4 Å². The second-order valence-electron chi connectivity index (χ2n) is 9.68. The summed E-state index contributed by atoms with van der Waals surface area (Å²) in [5.74, 6) is -0.186. The molecule has 0 heterocycles. The Balaban J connectivity index is 1.38. The molecule has 0 bridgehead atoms. The summed E-state index contributed by atoms with van der Waals surface area (Å²) in [7, 11) is 0. The molecule has 5 rings (SSSR count). The number of carbonyl (C=O) groups excluding carboxylic acids is 3. The van der Waals surface area contributed by atoms with E-state index in [0.717, 1.165) is 28.5 Å². The maximum atomic E-state index is 13.6. The number of hydrogen-bond acceptors (Lipinski definition) is 4. The zero-order chi connectivity index (χ0) is 29.3. The summed E-state index contributed by atoms with van der Waals surface area (Å²) >= 11 is 0. The van der Waals surface area contributed by atoms with E-state index in [4.69, 9.17) is 4.74 Å². The van der Waals surface area contributed by atoms with Crippen molar-refractivity contribution in [1.82, 2.24) is 0 Å². The molecular formula is C36H30N2O4. The number of anilines is 2. The van der Waals surface area contributed by atoms with Crippen LogP contribution in [0.5, 0.6) is 5.75 Å². The summed E-state index contributed by atoms with van der Waals surface area (Å²) in [4.78, 5) is 39.7. The quantitative estimate of drug-likeness (QED) is 0.136. The zero-order valence-electron chi connectivity index (χ0n) is 23.2. The van der Waals surface area contributed by atoms with Crippen LogP contribution in [0, 0.1) is 0 Å². The number of amides is 2. The molecule has 0 saturated heterocycles. The molecule has 0 aliphatic heterocycles. The van der Waals surface area contributed by atoms with Gasteiger partial charge in [-0.25, -0.2) is 0 Å². The van der Waals surface area contributed by atoms with E-state index in [9.17, 15) is 14.4 Å². The van der Waals surface area contributed by atoms with Crippen LogP contribution < -0.4 is 15.4 Å². The van der Waals surface area contributed by atoms with Gasteiger partial charge in [-0.1, -0.05) is 85.8 Å². The number of ketones is 1. The van der Waals surface area contributed by atoms with Crippen LogP contribution >= 0.6 is 0 Å². The minimum atomic E-state index is -0.355. The second-order valence-corrected chi connectivity index (χ2v) is 9.68. The third-order valence-corrected chi connectivity index (χ3v) is 6.63. The van der Waals surface area contributed by atoms with Crippen molar-refractivity contribution < 1.29 is 19.1 Å². The van der Waals surface area contributed by atoms with Crippen LogP contribution in [0.3, 0.4) is 0 Å². The van der Waals surface area contributed by atoms with E-state index in [1.54, 1.807) is 54.6 Å². The fourth-order valence-electron chi connectivity index (χ4n) is 4.53. The molecule has 0 aliphatic carbocycles. The number of nitrogens with one attached hydrogen (secondary N) is 2. The van der Waals surface area contributed by atoms with Crippen molar-refractivity contribution in [1.29, 1.82) is 0 Å². The lowest BCUT2D eigenvalue weighted by Gasteiger charge is -2.14. The van der Waals surface area contributed by atoms with Gasteiger partial charge in [0.2, 0.25) is 5.91 Å². The summed E-state index contributed by atoms with van der Waals surface area (Å²) in [6.45, 7) is 2.70. The molecule has 5 aromatic rings. The van der Waals surface area contributed by atoms with Crippen molar-refractivity contribution in [2.45, 2.75) is 13.3 Å². The van der Waals surface area contributed by atoms with Crippen molar-refractivity contribution in [2.75, 3.05) is 17.2 Å². The van der Waals surface area contributed by atoms with Gasteiger partial charge >= 0.3 is 0 Å². The van der Waals surface area contributed by atoms with Gasteiger partial charge in [0.25, 0.3) is 5.91 Å². The summed E-state index contributed by atoms with van der Waals surface area (Å²) in [6, 6.07) is 34.3. The van der Waals surface area contributed by atoms with Gasteiger partial charge in [0.1, 0.15) is 5.75 Å². The first-order chi connectivity index (χ1) is 20.5. The van der Waals surface area contributed by atoms with Crippen LogP contribution in [0.2, 0.25) is 0 Å². The highest BCUT2D eigenvalue weighted by molar-refractivity contribution is 6.18. The van der Waals surface area contributed by atoms with E-state index < -0.39 is 0 Å². The van der Waals surface area contributed by atoms with Crippen LogP contribution in [-0.4, -0.2) is 24.2 Å². The fraction of sp³-hybridized carbons (Fsp3) is 0.0833. The van der Waals surface area contributed by atoms with Crippen LogP contribution in [-0.2, 0) is 4.79 Å². The van der Waals surface area contributed by atoms with E-state index in [1.807, 2.05) is 73.7 Å². The molecule has 42 heavy (non-hydrogen) atoms. The van der Waals surface area contributed by atoms with Crippen LogP contribution in [0.4, 0.5) is 11.4 Å². The molecule has 0 fully saturated rings. The van der Waals surface area contributed by atoms with E-state index in [1.165, 1.54) is 6.08 Å². The molecule has 0 unspecified atom stereocenters. The van der Waals surface area contributed by atoms with E-state index in [-0.39, 0.29) is 23.2 Å². The summed E-state index contributed by atoms with van der Waals surface area (Å²) < 4.78 is 5.60. The Kier molecular flexibility index (Phi) is 8.85. The van der Waals surface area contributed by atoms with Gasteiger partial charge in [0, 0.05) is 28.5 Å². The molecular weight excluding hydrogens is 524 g/mol. The van der Waals surface area contributed by atoms with E-state index >= 15 is 0 Å². The average Bonchev–Trinajstić information content (AvgIpc) is 3.03. The molecule has 0 saturated carbocycles. The SMILES string of the molecule is CCCOc1ccc(/C=C/C(=O)Nc2ccc(NC(=O)c3cccc4ccccc34)c(C(=O)c3ccccc3)c2)cc1. The van der Waals surface area contributed by atoms with E-state index in [2.05, 4.69) is 10.6 Å². The van der Waals surface area contributed by atoms with Gasteiger partial charge in [0.15, 0.2) is 5.78 Å². The van der Waals surface area contributed by atoms with Crippen molar-refractivity contribution in [2.24, 2.45) is 0 Å². The van der Waals surface area contributed by atoms with E-state index in [0.29, 0.717) is 29.1 Å². The molecule has 0 aliphatic rings. The van der Waals surface area contributed by atoms with Gasteiger partial charge in [0.05, 0.1) is 12.3 Å². The molecule has 2 N–H and O–H groups in total. The van der Waals surface area contributed by atoms with Crippen molar-refractivity contribution in [3.05, 3.63) is 144 Å². The molecule has 5 aromatic carbocycles. The second kappa shape index (κ2) is 13.2. The smallest absolute Gasteiger partial charge is 0.256 e. The Morgan fingerprint density at radius 2 is 1.48 bits per heavy atom. The van der Waals surface area contributed by atoms with Crippen molar-refractivity contribution in [3.8, 4) is 5.75 Å². The Hall–Kier alpha value is -5.49. The number of hydrogen-bond donors (Lipinski definition) is 2. The Labute approximate surface area is 244 Å². The maximum Gasteiger partial charge on any atom is 0.256 e. The van der Waals surface area contributed by atoms with Gasteiger partial charge < -0.3 is 15.4 Å². The molecule has 2 amide bonds. The standard InChI is InChI=1S/C36H30N2O4/c1-2-23-42-29-19-15-25(16-20-29)17-22-34(39)37-28-18-21-33(32(24-28)35(40)27-10-4-3-5-11-27)38-36(41)31-14-8-12-26-9-6-7-13-30(26)31/h3-22,24H,2,23H2,1H3,(H,37,39)(H,38,41)/b22-17+. The maximum absolute atomic E-state index is 13.6. The highest BCUT2D eigenvalue weighted by Crippen LogP contribution is 2.26. The summed E-state index contributed by atoms with van der Waals surface area (Å²) in [6.07, 6.45) is 4.06. The summed E-state index contributed by atoms with van der Waals surface area (Å²) in [5, 5.41) is 7.49. The normalized spacial score (nSPS) is 10.9. The van der Waals surface area contributed by atoms with Gasteiger partial charge in [-0.05, 0) is 65.2 Å². The number of fused-ring (bicyclic) bond motifs is 1. The van der Waals surface area contributed by atoms with Crippen LogP contribution in [0.25, 0.3) is 16.8 Å². The molecule has 6 heteroatoms. The number of ether oxygens (including phenoxy) is 1. The molecule has 0 atom stereocenters. The van der Waals surface area contributed by atoms with Crippen molar-refractivity contribution >= 4 is 45.8 Å². The fourth-order valence-corrected chi connectivity index (χ4v) is 4.53. The minimum Gasteiger partial charge on any atom is -0.494 e. The first-order valence-electron chi connectivity index (χ1n) is 13.8. The molecule has 6 nitrogen and oxygen atoms in total. The lowest BCUT2D eigenvalue weighted by atomic mass is 10.00. The monoisotopic (exact) mass is 554 g/mol. The Morgan fingerprint density at radius 1 is 0.738 bits per heavy atom. The molecule has 0 radical (unpaired) electrons. The van der Waals surface area contributed by atoms with Gasteiger partial charge in [-0.2, -0.15) is 0 Å². The van der Waals surface area contributed by atoms with Crippen molar-refractivity contribution in [3.63, 3.8) is 0 Å². The lowest BCUT2D eigenvalue weighted by Crippen LogP contribution is -2.16. The van der Waals surface area contributed by atoms with Gasteiger partial charge in [-0.15, -0.1) is 0 Å². The third kappa shape index (κ3) is 6.80. The highest BCUT2D eigenvalue weighted by atomic mass is 16.5. The zero-order valence-corrected chi connectivity index (χ0v) is 23.2. The molecule has 0 spiro atoms. The first kappa shape index (κ1) is 28.1. The third-order valence-electron chi connectivity index (χ3n) is 6.63. The molecule has 0 aromatic heterocycles. The number of rotatable bonds is 10. The molecule has 208 valence electrons.